The molecule has 0 amide bonds. The Bertz CT molecular complexity index is 581. The van der Waals surface area contributed by atoms with Crippen LogP contribution in [-0.4, -0.2) is 19.1 Å². The van der Waals surface area contributed by atoms with E-state index in [2.05, 4.69) is 49.2 Å². The summed E-state index contributed by atoms with van der Waals surface area (Å²) in [6.45, 7) is 3.91. The van der Waals surface area contributed by atoms with Crippen LogP contribution in [0.5, 0.6) is 5.75 Å². The molecule has 3 nitrogen and oxygen atoms in total. The molecule has 0 heterocycles. The molecule has 0 aliphatic carbocycles. The summed E-state index contributed by atoms with van der Waals surface area (Å²) in [6, 6.07) is 14.6. The highest BCUT2D eigenvalue weighted by atomic mass is 16.5. The molecular weight excluding hydrogens is 248 g/mol. The molecule has 0 aliphatic heterocycles. The van der Waals surface area contributed by atoms with E-state index in [0.29, 0.717) is 5.69 Å². The average Bonchev–Trinajstić information content (AvgIpc) is 2.38. The van der Waals surface area contributed by atoms with Crippen molar-refractivity contribution in [3.63, 3.8) is 0 Å². The molecule has 2 N–H and O–H groups in total. The number of nitrogen functional groups attached to an aromatic ring is 1. The predicted molar refractivity (Wildman–Crippen MR) is 83.8 cm³/mol. The molecule has 0 spiro atoms. The third-order valence-electron chi connectivity index (χ3n) is 3.28. The van der Waals surface area contributed by atoms with Crippen molar-refractivity contribution >= 4 is 5.69 Å². The first kappa shape index (κ1) is 14.4. The number of anilines is 1. The van der Waals surface area contributed by atoms with Crippen LogP contribution in [0.25, 0.3) is 0 Å². The van der Waals surface area contributed by atoms with E-state index in [1.807, 2.05) is 12.1 Å². The zero-order valence-electron chi connectivity index (χ0n) is 12.4. The number of aryl methyl sites for hydroxylation is 1. The molecule has 2 aromatic rings. The first-order valence-corrected chi connectivity index (χ1v) is 6.75. The van der Waals surface area contributed by atoms with Gasteiger partial charge in [0.05, 0.1) is 12.8 Å². The van der Waals surface area contributed by atoms with Crippen LogP contribution in [-0.2, 0) is 13.1 Å². The molecule has 0 radical (unpaired) electrons. The SMILES string of the molecule is COc1ccc(CN(C)Cc2cccc(C)c2)cc1N. The Morgan fingerprint density at radius 3 is 2.35 bits per heavy atom. The second kappa shape index (κ2) is 6.44. The van der Waals surface area contributed by atoms with E-state index < -0.39 is 0 Å². The van der Waals surface area contributed by atoms with Gasteiger partial charge in [0.2, 0.25) is 0 Å². The Balaban J connectivity index is 2.01. The van der Waals surface area contributed by atoms with Gasteiger partial charge in [-0.3, -0.25) is 4.90 Å². The van der Waals surface area contributed by atoms with Crippen LogP contribution in [0.2, 0.25) is 0 Å². The molecular formula is C17H22N2O. The number of hydrogen-bond acceptors (Lipinski definition) is 3. The van der Waals surface area contributed by atoms with E-state index in [9.17, 15) is 0 Å². The molecule has 0 bridgehead atoms. The van der Waals surface area contributed by atoms with Crippen molar-refractivity contribution in [2.45, 2.75) is 20.0 Å². The molecule has 2 aromatic carbocycles. The molecule has 0 fully saturated rings. The summed E-state index contributed by atoms with van der Waals surface area (Å²) in [5.41, 5.74) is 10.4. The molecule has 0 saturated heterocycles. The summed E-state index contributed by atoms with van der Waals surface area (Å²) in [4.78, 5) is 2.27. The van der Waals surface area contributed by atoms with Crippen LogP contribution in [0.3, 0.4) is 0 Å². The second-order valence-corrected chi connectivity index (χ2v) is 5.24. The minimum Gasteiger partial charge on any atom is -0.495 e. The van der Waals surface area contributed by atoms with E-state index >= 15 is 0 Å². The lowest BCUT2D eigenvalue weighted by molar-refractivity contribution is 0.319. The van der Waals surface area contributed by atoms with Gasteiger partial charge in [0.1, 0.15) is 5.75 Å². The van der Waals surface area contributed by atoms with Crippen molar-refractivity contribution in [2.24, 2.45) is 0 Å². The predicted octanol–water partition coefficient (Wildman–Crippen LogP) is 3.22. The number of methoxy groups -OCH3 is 1. The molecule has 106 valence electrons. The summed E-state index contributed by atoms with van der Waals surface area (Å²) in [5.74, 6) is 0.732. The zero-order valence-corrected chi connectivity index (χ0v) is 12.4. The molecule has 20 heavy (non-hydrogen) atoms. The topological polar surface area (TPSA) is 38.5 Å². The highest BCUT2D eigenvalue weighted by Gasteiger charge is 2.05. The van der Waals surface area contributed by atoms with Gasteiger partial charge in [-0.1, -0.05) is 35.9 Å². The first-order valence-electron chi connectivity index (χ1n) is 6.75. The summed E-state index contributed by atoms with van der Waals surface area (Å²) in [6.07, 6.45) is 0. The fraction of sp³-hybridized carbons (Fsp3) is 0.294. The van der Waals surface area contributed by atoms with Crippen LogP contribution in [0.4, 0.5) is 5.69 Å². The van der Waals surface area contributed by atoms with Gasteiger partial charge < -0.3 is 10.5 Å². The van der Waals surface area contributed by atoms with Gasteiger partial charge in [-0.15, -0.1) is 0 Å². The minimum absolute atomic E-state index is 0.689. The maximum atomic E-state index is 5.94. The summed E-state index contributed by atoms with van der Waals surface area (Å²) in [5, 5.41) is 0. The highest BCUT2D eigenvalue weighted by molar-refractivity contribution is 5.54. The number of hydrogen-bond donors (Lipinski definition) is 1. The van der Waals surface area contributed by atoms with E-state index in [1.165, 1.54) is 16.7 Å². The molecule has 2 rings (SSSR count). The minimum atomic E-state index is 0.689. The lowest BCUT2D eigenvalue weighted by Crippen LogP contribution is -2.17. The first-order chi connectivity index (χ1) is 9.58. The van der Waals surface area contributed by atoms with Crippen molar-refractivity contribution in [3.05, 3.63) is 59.2 Å². The van der Waals surface area contributed by atoms with Crippen molar-refractivity contribution in [1.29, 1.82) is 0 Å². The quantitative estimate of drug-likeness (QED) is 0.848. The molecule has 0 unspecified atom stereocenters. The summed E-state index contributed by atoms with van der Waals surface area (Å²) >= 11 is 0. The van der Waals surface area contributed by atoms with Crippen molar-refractivity contribution in [3.8, 4) is 5.75 Å². The Morgan fingerprint density at radius 1 is 1.05 bits per heavy atom. The van der Waals surface area contributed by atoms with Gasteiger partial charge in [-0.2, -0.15) is 0 Å². The largest absolute Gasteiger partial charge is 0.495 e. The van der Waals surface area contributed by atoms with E-state index in [-0.39, 0.29) is 0 Å². The lowest BCUT2D eigenvalue weighted by Gasteiger charge is -2.18. The summed E-state index contributed by atoms with van der Waals surface area (Å²) < 4.78 is 5.18. The molecule has 0 saturated carbocycles. The number of nitrogens with two attached hydrogens (primary N) is 1. The number of ether oxygens (including phenoxy) is 1. The smallest absolute Gasteiger partial charge is 0.141 e. The monoisotopic (exact) mass is 270 g/mol. The third-order valence-corrected chi connectivity index (χ3v) is 3.28. The van der Waals surface area contributed by atoms with E-state index in [1.54, 1.807) is 7.11 Å². The third kappa shape index (κ3) is 3.75. The Morgan fingerprint density at radius 2 is 1.75 bits per heavy atom. The van der Waals surface area contributed by atoms with Crippen LogP contribution in [0, 0.1) is 6.92 Å². The van der Waals surface area contributed by atoms with Gasteiger partial charge in [0, 0.05) is 13.1 Å². The standard InChI is InChI=1S/C17H22N2O/c1-13-5-4-6-14(9-13)11-19(2)12-15-7-8-17(20-3)16(18)10-15/h4-10H,11-12,18H2,1-3H3. The van der Waals surface area contributed by atoms with Gasteiger partial charge in [-0.25, -0.2) is 0 Å². The fourth-order valence-corrected chi connectivity index (χ4v) is 2.37. The van der Waals surface area contributed by atoms with Gasteiger partial charge in [-0.05, 0) is 37.2 Å². The van der Waals surface area contributed by atoms with Crippen LogP contribution >= 0.6 is 0 Å². The lowest BCUT2D eigenvalue weighted by atomic mass is 10.1. The molecule has 0 aromatic heterocycles. The Labute approximate surface area is 121 Å². The molecule has 3 heteroatoms. The fourth-order valence-electron chi connectivity index (χ4n) is 2.37. The normalized spacial score (nSPS) is 10.8. The van der Waals surface area contributed by atoms with Gasteiger partial charge in [0.15, 0.2) is 0 Å². The van der Waals surface area contributed by atoms with Crippen molar-refractivity contribution in [2.75, 3.05) is 19.9 Å². The second-order valence-electron chi connectivity index (χ2n) is 5.24. The van der Waals surface area contributed by atoms with Crippen molar-refractivity contribution < 1.29 is 4.74 Å². The van der Waals surface area contributed by atoms with Crippen LogP contribution < -0.4 is 10.5 Å². The maximum Gasteiger partial charge on any atom is 0.141 e. The highest BCUT2D eigenvalue weighted by Crippen LogP contribution is 2.22. The average molecular weight is 270 g/mol. The number of benzene rings is 2. The van der Waals surface area contributed by atoms with E-state index in [4.69, 9.17) is 10.5 Å². The maximum absolute atomic E-state index is 5.94. The van der Waals surface area contributed by atoms with Crippen LogP contribution in [0.15, 0.2) is 42.5 Å². The van der Waals surface area contributed by atoms with E-state index in [0.717, 1.165) is 18.8 Å². The molecule has 0 atom stereocenters. The Hall–Kier alpha value is -2.00. The number of rotatable bonds is 5. The summed E-state index contributed by atoms with van der Waals surface area (Å²) in [7, 11) is 3.75. The Kier molecular flexibility index (Phi) is 4.64. The van der Waals surface area contributed by atoms with Crippen LogP contribution in [0.1, 0.15) is 16.7 Å². The zero-order chi connectivity index (χ0) is 14.5. The van der Waals surface area contributed by atoms with Gasteiger partial charge >= 0.3 is 0 Å². The van der Waals surface area contributed by atoms with Crippen molar-refractivity contribution in [1.82, 2.24) is 4.90 Å². The van der Waals surface area contributed by atoms with Gasteiger partial charge in [0.25, 0.3) is 0 Å². The number of nitrogens with zero attached hydrogens (tertiary/aromatic N) is 1. The molecule has 0 aliphatic rings.